The number of thiophene rings is 1. The molecular weight excluding hydrogens is 209 g/mol. The highest BCUT2D eigenvalue weighted by molar-refractivity contribution is 7.12. The first-order valence-corrected chi connectivity index (χ1v) is 3.83. The molecule has 3 nitrogen and oxygen atoms in total. The fourth-order valence-electron chi connectivity index (χ4n) is 0.705. The molecule has 0 bridgehead atoms. The third kappa shape index (κ3) is 1.74. The Bertz CT molecular complexity index is 341. The van der Waals surface area contributed by atoms with Gasteiger partial charge in [0.1, 0.15) is 5.56 Å². The van der Waals surface area contributed by atoms with Crippen LogP contribution in [0, 0.1) is 0 Å². The van der Waals surface area contributed by atoms with E-state index in [1.807, 2.05) is 0 Å². The van der Waals surface area contributed by atoms with E-state index in [-0.39, 0.29) is 0 Å². The summed E-state index contributed by atoms with van der Waals surface area (Å²) >= 11 is 0.342. The van der Waals surface area contributed by atoms with Crippen molar-refractivity contribution in [2.24, 2.45) is 0 Å². The van der Waals surface area contributed by atoms with Crippen LogP contribution < -0.4 is 0 Å². The summed E-state index contributed by atoms with van der Waals surface area (Å²) in [4.78, 5) is 9.54. The second-order valence-electron chi connectivity index (χ2n) is 2.13. The smallest absolute Gasteiger partial charge is 0.420 e. The third-order valence-corrected chi connectivity index (χ3v) is 2.22. The van der Waals surface area contributed by atoms with Gasteiger partial charge in [-0.15, -0.1) is 11.3 Å². The Hall–Kier alpha value is -1.24. The van der Waals surface area contributed by atoms with Gasteiger partial charge in [0.2, 0.25) is 0 Å². The molecule has 0 fully saturated rings. The van der Waals surface area contributed by atoms with Crippen LogP contribution in [0.3, 0.4) is 0 Å². The Kier molecular flexibility index (Phi) is 2.21. The van der Waals surface area contributed by atoms with Crippen LogP contribution in [0.4, 0.5) is 13.2 Å². The Morgan fingerprint density at radius 3 is 2.23 bits per heavy atom. The van der Waals surface area contributed by atoms with Gasteiger partial charge < -0.3 is 10.2 Å². The van der Waals surface area contributed by atoms with Gasteiger partial charge >= 0.3 is 12.1 Å². The first-order chi connectivity index (χ1) is 5.84. The summed E-state index contributed by atoms with van der Waals surface area (Å²) in [5, 5.41) is 17.7. The Morgan fingerprint density at radius 1 is 1.46 bits per heavy atom. The number of aromatic carboxylic acids is 1. The zero-order valence-corrected chi connectivity index (χ0v) is 6.74. The van der Waals surface area contributed by atoms with Crippen molar-refractivity contribution in [3.63, 3.8) is 0 Å². The number of carboxylic acids is 1. The van der Waals surface area contributed by atoms with Gasteiger partial charge in [0.05, 0.1) is 0 Å². The van der Waals surface area contributed by atoms with Gasteiger partial charge in [-0.2, -0.15) is 13.2 Å². The predicted molar refractivity (Wildman–Crippen MR) is 37.9 cm³/mol. The fraction of sp³-hybridized carbons (Fsp3) is 0.167. The van der Waals surface area contributed by atoms with E-state index in [1.54, 1.807) is 0 Å². The van der Waals surface area contributed by atoms with Crippen molar-refractivity contribution in [3.05, 3.63) is 15.8 Å². The maximum Gasteiger partial charge on any atom is 0.420 e. The monoisotopic (exact) mass is 212 g/mol. The lowest BCUT2D eigenvalue weighted by Gasteiger charge is -2.03. The number of carbonyl (C=O) groups is 1. The second kappa shape index (κ2) is 2.91. The van der Waals surface area contributed by atoms with E-state index in [9.17, 15) is 18.0 Å². The summed E-state index contributed by atoms with van der Waals surface area (Å²) in [6.07, 6.45) is -4.71. The highest BCUT2D eigenvalue weighted by Crippen LogP contribution is 2.40. The SMILES string of the molecule is O=C(O)c1scc(C(F)(F)F)c1O. The lowest BCUT2D eigenvalue weighted by Crippen LogP contribution is -2.03. The normalized spacial score (nSPS) is 11.6. The molecule has 72 valence electrons. The zero-order chi connectivity index (χ0) is 10.2. The van der Waals surface area contributed by atoms with Crippen molar-refractivity contribution in [1.29, 1.82) is 0 Å². The molecule has 0 saturated heterocycles. The van der Waals surface area contributed by atoms with Gasteiger partial charge in [0.15, 0.2) is 10.6 Å². The molecule has 2 N–H and O–H groups in total. The fourth-order valence-corrected chi connectivity index (χ4v) is 1.51. The van der Waals surface area contributed by atoms with Gasteiger partial charge in [-0.25, -0.2) is 4.79 Å². The molecule has 0 aromatic carbocycles. The highest BCUT2D eigenvalue weighted by Gasteiger charge is 2.37. The minimum absolute atomic E-state index is 0.342. The number of rotatable bonds is 1. The average Bonchev–Trinajstić information content (AvgIpc) is 2.28. The molecule has 0 amide bonds. The number of halogens is 3. The second-order valence-corrected chi connectivity index (χ2v) is 3.01. The average molecular weight is 212 g/mol. The maximum absolute atomic E-state index is 12.0. The van der Waals surface area contributed by atoms with Crippen LogP contribution in [0.15, 0.2) is 5.38 Å². The van der Waals surface area contributed by atoms with Crippen LogP contribution in [0.1, 0.15) is 15.2 Å². The molecule has 0 aliphatic rings. The Morgan fingerprint density at radius 2 is 2.00 bits per heavy atom. The van der Waals surface area contributed by atoms with E-state index in [1.165, 1.54) is 0 Å². The number of hydrogen-bond acceptors (Lipinski definition) is 3. The van der Waals surface area contributed by atoms with Crippen molar-refractivity contribution in [2.75, 3.05) is 0 Å². The summed E-state index contributed by atoms with van der Waals surface area (Å²) in [5.41, 5.74) is -1.31. The van der Waals surface area contributed by atoms with E-state index < -0.39 is 28.3 Å². The minimum Gasteiger partial charge on any atom is -0.506 e. The molecule has 0 spiro atoms. The van der Waals surface area contributed by atoms with E-state index >= 15 is 0 Å². The largest absolute Gasteiger partial charge is 0.506 e. The van der Waals surface area contributed by atoms with E-state index in [0.29, 0.717) is 16.7 Å². The molecule has 1 aromatic rings. The molecule has 0 unspecified atom stereocenters. The van der Waals surface area contributed by atoms with Gasteiger partial charge in [0.25, 0.3) is 0 Å². The van der Waals surface area contributed by atoms with Crippen molar-refractivity contribution in [1.82, 2.24) is 0 Å². The van der Waals surface area contributed by atoms with Gasteiger partial charge in [-0.05, 0) is 0 Å². The lowest BCUT2D eigenvalue weighted by atomic mass is 10.2. The van der Waals surface area contributed by atoms with Gasteiger partial charge in [-0.1, -0.05) is 0 Å². The Labute approximate surface area is 74.0 Å². The summed E-state index contributed by atoms with van der Waals surface area (Å²) in [6, 6.07) is 0. The summed E-state index contributed by atoms with van der Waals surface area (Å²) in [6.45, 7) is 0. The van der Waals surface area contributed by atoms with Crippen molar-refractivity contribution in [3.8, 4) is 5.75 Å². The summed E-state index contributed by atoms with van der Waals surface area (Å²) < 4.78 is 35.9. The van der Waals surface area contributed by atoms with E-state index in [0.717, 1.165) is 0 Å². The number of carboxylic acid groups (broad SMARTS) is 1. The van der Waals surface area contributed by atoms with E-state index in [4.69, 9.17) is 10.2 Å². The third-order valence-electron chi connectivity index (χ3n) is 1.26. The van der Waals surface area contributed by atoms with E-state index in [2.05, 4.69) is 0 Å². The molecule has 7 heteroatoms. The molecule has 0 saturated carbocycles. The van der Waals surface area contributed by atoms with Crippen LogP contribution in [0.25, 0.3) is 0 Å². The van der Waals surface area contributed by atoms with Crippen LogP contribution in [0.2, 0.25) is 0 Å². The molecule has 1 heterocycles. The predicted octanol–water partition coefficient (Wildman–Crippen LogP) is 2.17. The zero-order valence-electron chi connectivity index (χ0n) is 5.92. The molecule has 0 aliphatic heterocycles. The molecule has 13 heavy (non-hydrogen) atoms. The first-order valence-electron chi connectivity index (χ1n) is 2.95. The molecule has 0 atom stereocenters. The molecule has 1 rings (SSSR count). The van der Waals surface area contributed by atoms with Crippen LogP contribution >= 0.6 is 11.3 Å². The van der Waals surface area contributed by atoms with Crippen LogP contribution in [-0.4, -0.2) is 16.2 Å². The molecular formula is C6H3F3O3S. The molecule has 0 aliphatic carbocycles. The quantitative estimate of drug-likeness (QED) is 0.749. The van der Waals surface area contributed by atoms with Gasteiger partial charge in [-0.3, -0.25) is 0 Å². The molecule has 1 aromatic heterocycles. The minimum atomic E-state index is -4.71. The number of hydrogen-bond donors (Lipinski definition) is 2. The van der Waals surface area contributed by atoms with Crippen molar-refractivity contribution < 1.29 is 28.2 Å². The standard InChI is InChI=1S/C6H3F3O3S/c7-6(8,9)2-1-13-4(3(2)10)5(11)12/h1,10H,(H,11,12). The molecule has 0 radical (unpaired) electrons. The van der Waals surface area contributed by atoms with Crippen molar-refractivity contribution in [2.45, 2.75) is 6.18 Å². The van der Waals surface area contributed by atoms with Crippen LogP contribution in [-0.2, 0) is 6.18 Å². The number of aromatic hydroxyl groups is 1. The Balaban J connectivity index is 3.22. The van der Waals surface area contributed by atoms with Crippen LogP contribution in [0.5, 0.6) is 5.75 Å². The van der Waals surface area contributed by atoms with Crippen molar-refractivity contribution >= 4 is 17.3 Å². The highest BCUT2D eigenvalue weighted by atomic mass is 32.1. The topological polar surface area (TPSA) is 57.5 Å². The summed E-state index contributed by atoms with van der Waals surface area (Å²) in [7, 11) is 0. The summed E-state index contributed by atoms with van der Waals surface area (Å²) in [5.74, 6) is -2.79. The maximum atomic E-state index is 12.0. The lowest BCUT2D eigenvalue weighted by molar-refractivity contribution is -0.138. The number of alkyl halides is 3. The van der Waals surface area contributed by atoms with Gasteiger partial charge in [0, 0.05) is 5.38 Å². The first kappa shape index (κ1) is 9.85.